The highest BCUT2D eigenvalue weighted by Crippen LogP contribution is 2.40. The van der Waals surface area contributed by atoms with Gasteiger partial charge in [0.2, 0.25) is 0 Å². The van der Waals surface area contributed by atoms with Gasteiger partial charge in [-0.1, -0.05) is 95.0 Å². The number of ketones is 1. The summed E-state index contributed by atoms with van der Waals surface area (Å²) in [6, 6.07) is 0. The van der Waals surface area contributed by atoms with Crippen LogP contribution in [0.3, 0.4) is 0 Å². The normalized spacial score (nSPS) is 21.1. The van der Waals surface area contributed by atoms with E-state index in [1.807, 2.05) is 33.8 Å². The van der Waals surface area contributed by atoms with Crippen LogP contribution in [-0.2, 0) is 14.4 Å². The first-order valence-corrected chi connectivity index (χ1v) is 16.6. The Kier molecular flexibility index (Phi) is 21.9. The molecular weight excluding hydrogens is 597 g/mol. The van der Waals surface area contributed by atoms with Crippen molar-refractivity contribution in [2.24, 2.45) is 16.8 Å². The van der Waals surface area contributed by atoms with Crippen LogP contribution >= 0.6 is 23.2 Å². The van der Waals surface area contributed by atoms with Gasteiger partial charge in [0.1, 0.15) is 17.7 Å². The van der Waals surface area contributed by atoms with Crippen molar-refractivity contribution < 1.29 is 19.5 Å². The lowest BCUT2D eigenvalue weighted by atomic mass is 9.78. The third-order valence-corrected chi connectivity index (χ3v) is 8.21. The zero-order valence-corrected chi connectivity index (χ0v) is 29.4. The Bertz CT molecular complexity index is 1090. The molecule has 248 valence electrons. The van der Waals surface area contributed by atoms with Crippen molar-refractivity contribution in [3.63, 3.8) is 0 Å². The van der Waals surface area contributed by atoms with Gasteiger partial charge in [0.15, 0.2) is 5.78 Å². The van der Waals surface area contributed by atoms with Gasteiger partial charge in [0.05, 0.1) is 13.0 Å². The zero-order chi connectivity index (χ0) is 33.7. The molecule has 44 heavy (non-hydrogen) atoms. The Hall–Kier alpha value is -2.32. The van der Waals surface area contributed by atoms with E-state index < -0.39 is 11.6 Å². The maximum Gasteiger partial charge on any atom is 0.304 e. The predicted molar refractivity (Wildman–Crippen MR) is 187 cm³/mol. The molecule has 0 bridgehead atoms. The Labute approximate surface area is 276 Å². The number of aliphatic carboxylic acids is 1. The van der Waals surface area contributed by atoms with Crippen molar-refractivity contribution in [1.82, 2.24) is 10.2 Å². The number of carbonyl (C=O) groups is 3. The fourth-order valence-electron chi connectivity index (χ4n) is 5.08. The molecule has 7 nitrogen and oxygen atoms in total. The Balaban J connectivity index is 0.00000180. The molecule has 0 aromatic carbocycles. The van der Waals surface area contributed by atoms with Crippen molar-refractivity contribution in [3.05, 3.63) is 58.2 Å². The highest BCUT2D eigenvalue weighted by molar-refractivity contribution is 6.48. The van der Waals surface area contributed by atoms with E-state index in [4.69, 9.17) is 33.3 Å². The zero-order valence-electron chi connectivity index (χ0n) is 27.9. The summed E-state index contributed by atoms with van der Waals surface area (Å²) in [4.78, 5) is 41.6. The minimum Gasteiger partial charge on any atom is -0.481 e. The number of hydrogen-bond acceptors (Lipinski definition) is 6. The van der Waals surface area contributed by atoms with Crippen molar-refractivity contribution in [1.29, 1.82) is 0 Å². The number of nitrogens with one attached hydrogen (secondary N) is 1. The molecule has 1 aliphatic heterocycles. The Morgan fingerprint density at radius 3 is 2.34 bits per heavy atom. The molecule has 0 amide bonds. The minimum atomic E-state index is -0.755. The molecule has 1 fully saturated rings. The number of hydrogen-bond donors (Lipinski definition) is 2. The van der Waals surface area contributed by atoms with Gasteiger partial charge >= 0.3 is 5.97 Å². The second kappa shape index (κ2) is 23.1. The molecule has 1 aliphatic carbocycles. The first kappa shape index (κ1) is 41.7. The first-order chi connectivity index (χ1) is 20.9. The van der Waals surface area contributed by atoms with Crippen LogP contribution in [0.1, 0.15) is 92.9 Å². The number of carboxylic acids is 1. The number of halogens is 2. The van der Waals surface area contributed by atoms with Crippen LogP contribution in [0.4, 0.5) is 0 Å². The van der Waals surface area contributed by atoms with E-state index in [2.05, 4.69) is 36.7 Å². The largest absolute Gasteiger partial charge is 0.481 e. The van der Waals surface area contributed by atoms with Crippen LogP contribution in [0.25, 0.3) is 0 Å². The summed E-state index contributed by atoms with van der Waals surface area (Å²) in [6.45, 7) is 17.5. The summed E-state index contributed by atoms with van der Waals surface area (Å²) in [6.07, 6.45) is 17.6. The quantitative estimate of drug-likeness (QED) is 0.111. The monoisotopic (exact) mass is 651 g/mol. The predicted octanol–water partition coefficient (Wildman–Crippen LogP) is 8.25. The maximum absolute atomic E-state index is 13.4. The topological polar surface area (TPSA) is 99.1 Å². The summed E-state index contributed by atoms with van der Waals surface area (Å²) in [5.41, 5.74) is 1.26. The number of rotatable bonds is 14. The average Bonchev–Trinajstić information content (AvgIpc) is 3.01. The van der Waals surface area contributed by atoms with Crippen LogP contribution in [0.15, 0.2) is 63.2 Å². The molecule has 9 heteroatoms. The number of carboxylic acid groups (broad SMARTS) is 1. The number of nitrogens with zero attached hydrogens (tertiary/aromatic N) is 2. The van der Waals surface area contributed by atoms with Gasteiger partial charge in [0, 0.05) is 34.3 Å². The molecule has 2 aliphatic rings. The number of aldehydes is 1. The van der Waals surface area contributed by atoms with Crippen LogP contribution < -0.4 is 5.32 Å². The summed E-state index contributed by atoms with van der Waals surface area (Å²) >= 11 is 12.5. The van der Waals surface area contributed by atoms with E-state index in [1.54, 1.807) is 25.3 Å². The summed E-state index contributed by atoms with van der Waals surface area (Å²) in [5.74, 6) is -0.141. The molecule has 0 saturated heterocycles. The lowest BCUT2D eigenvalue weighted by Crippen LogP contribution is -2.58. The number of aliphatic imine (C=N–C) groups is 1. The third-order valence-electron chi connectivity index (χ3n) is 7.72. The number of Topliss-reactive ketones (excluding diaryl/α,β-unsaturated/α-hetero) is 1. The van der Waals surface area contributed by atoms with Gasteiger partial charge in [-0.05, 0) is 70.6 Å². The van der Waals surface area contributed by atoms with Gasteiger partial charge in [-0.25, -0.2) is 0 Å². The molecule has 0 spiro atoms. The van der Waals surface area contributed by atoms with Gasteiger partial charge in [-0.2, -0.15) is 0 Å². The molecule has 2 atom stereocenters. The Morgan fingerprint density at radius 2 is 1.86 bits per heavy atom. The second-order valence-electron chi connectivity index (χ2n) is 11.0. The van der Waals surface area contributed by atoms with Crippen LogP contribution in [0.5, 0.6) is 0 Å². The molecule has 0 radical (unpaired) electrons. The summed E-state index contributed by atoms with van der Waals surface area (Å²) in [7, 11) is 1.73. The lowest BCUT2D eigenvalue weighted by Gasteiger charge is -2.48. The van der Waals surface area contributed by atoms with E-state index in [-0.39, 0.29) is 18.1 Å². The summed E-state index contributed by atoms with van der Waals surface area (Å²) < 4.78 is 0. The average molecular weight is 653 g/mol. The highest BCUT2D eigenvalue weighted by Gasteiger charge is 2.44. The van der Waals surface area contributed by atoms with Gasteiger partial charge in [-0.15, -0.1) is 0 Å². The molecule has 0 aromatic heterocycles. The number of allylic oxidation sites excluding steroid dienone is 9. The van der Waals surface area contributed by atoms with Crippen LogP contribution in [0, 0.1) is 11.8 Å². The van der Waals surface area contributed by atoms with E-state index in [0.717, 1.165) is 32.1 Å². The maximum atomic E-state index is 13.4. The fourth-order valence-corrected chi connectivity index (χ4v) is 5.32. The molecule has 2 unspecified atom stereocenters. The van der Waals surface area contributed by atoms with Crippen LogP contribution in [0.2, 0.25) is 0 Å². The molecule has 1 heterocycles. The summed E-state index contributed by atoms with van der Waals surface area (Å²) in [5, 5.41) is 11.7. The van der Waals surface area contributed by atoms with E-state index >= 15 is 0 Å². The van der Waals surface area contributed by atoms with Crippen molar-refractivity contribution in [2.75, 3.05) is 26.7 Å². The third kappa shape index (κ3) is 15.1. The highest BCUT2D eigenvalue weighted by atomic mass is 35.5. The fraction of sp³-hybridized carbons (Fsp3) is 0.600. The standard InChI is InChI=1S/C29H40Cl2N2O2.C4H9NO2.C2H6/c1-6-23(20-34)14-13-21(3)15-16-33-19-27(35)28(24(17-22(4)30)18-26(31)7-2)32-29(33,5)25-11-9-8-10-12-25;1-5-3-2-4(6)7;1-2/h6,13-14,17-18,20-21,25H,4,7-12,15-16,19H2,1-3,5H3;5H,2-3H2,1H3,(H,6,7);1-2H3/b14-13-,23-6+,24-17+,26-18+;;. The molecule has 2 rings (SSSR count). The first-order valence-electron chi connectivity index (χ1n) is 15.9. The van der Waals surface area contributed by atoms with Gasteiger partial charge in [0.25, 0.3) is 0 Å². The molecular formula is C35H55Cl2N3O4. The van der Waals surface area contributed by atoms with E-state index in [1.165, 1.54) is 19.3 Å². The Morgan fingerprint density at radius 1 is 1.23 bits per heavy atom. The molecule has 0 aromatic rings. The molecule has 2 N–H and O–H groups in total. The number of carbonyl (C=O) groups excluding carboxylic acids is 2. The van der Waals surface area contributed by atoms with Gasteiger partial charge < -0.3 is 10.4 Å². The van der Waals surface area contributed by atoms with E-state index in [0.29, 0.717) is 52.4 Å². The van der Waals surface area contributed by atoms with Crippen molar-refractivity contribution in [2.45, 2.75) is 98.6 Å². The lowest BCUT2D eigenvalue weighted by molar-refractivity contribution is -0.136. The SMILES string of the molecule is C=C(Cl)/C=C(\C=C(\Cl)CC)C1=NC(C)(C2CCCCC2)N(CCC(C)/C=C\C(C=O)=C/C)CC1=O.CC.CNCCC(=O)O. The molecule has 1 saturated carbocycles. The second-order valence-corrected chi connectivity index (χ2v) is 12.0. The van der Waals surface area contributed by atoms with E-state index in [9.17, 15) is 14.4 Å². The van der Waals surface area contributed by atoms with Crippen molar-refractivity contribution >= 4 is 47.0 Å². The van der Waals surface area contributed by atoms with Gasteiger partial charge in [-0.3, -0.25) is 24.3 Å². The van der Waals surface area contributed by atoms with Crippen LogP contribution in [-0.4, -0.2) is 66.1 Å². The van der Waals surface area contributed by atoms with Crippen molar-refractivity contribution in [3.8, 4) is 0 Å². The minimum absolute atomic E-state index is 0.0281. The smallest absolute Gasteiger partial charge is 0.304 e.